The Labute approximate surface area is 125 Å². The van der Waals surface area contributed by atoms with E-state index in [0.29, 0.717) is 21.7 Å². The number of amides is 2. The maximum absolute atomic E-state index is 11.9. The van der Waals surface area contributed by atoms with E-state index < -0.39 is 0 Å². The molecule has 2 aliphatic heterocycles. The topological polar surface area (TPSA) is 40.6 Å². The number of rotatable bonds is 3. The minimum Gasteiger partial charge on any atom is -0.297 e. The molecule has 0 atom stereocenters. The molecular formula is C10H12N2O2S4. The summed E-state index contributed by atoms with van der Waals surface area (Å²) in [7, 11) is 0. The summed E-state index contributed by atoms with van der Waals surface area (Å²) in [4.78, 5) is 26.9. The monoisotopic (exact) mass is 320 g/mol. The molecule has 0 bridgehead atoms. The predicted octanol–water partition coefficient (Wildman–Crippen LogP) is 1.49. The summed E-state index contributed by atoms with van der Waals surface area (Å²) < 4.78 is 1.25. The molecule has 0 saturated carbocycles. The van der Waals surface area contributed by atoms with Crippen molar-refractivity contribution in [1.29, 1.82) is 0 Å². The maximum Gasteiger partial charge on any atom is 0.228 e. The molecule has 8 heteroatoms. The highest BCUT2D eigenvalue weighted by Crippen LogP contribution is 2.21. The minimum absolute atomic E-state index is 0.0591. The fourth-order valence-corrected chi connectivity index (χ4v) is 4.20. The van der Waals surface area contributed by atoms with Crippen LogP contribution >= 0.6 is 48.0 Å². The average Bonchev–Trinajstić information content (AvgIpc) is 2.94. The van der Waals surface area contributed by atoms with E-state index in [0.717, 1.165) is 11.5 Å². The zero-order valence-corrected chi connectivity index (χ0v) is 12.9. The van der Waals surface area contributed by atoms with Gasteiger partial charge in [-0.25, -0.2) is 0 Å². The van der Waals surface area contributed by atoms with Gasteiger partial charge in [-0.05, 0) is 0 Å². The first-order valence-electron chi connectivity index (χ1n) is 5.54. The normalized spacial score (nSPS) is 19.8. The number of carbonyl (C=O) groups excluding carboxylic acids is 2. The van der Waals surface area contributed by atoms with Crippen LogP contribution in [0.3, 0.4) is 0 Å². The van der Waals surface area contributed by atoms with Gasteiger partial charge in [0.2, 0.25) is 11.8 Å². The molecule has 4 nitrogen and oxygen atoms in total. The molecule has 0 aromatic rings. The average molecular weight is 320 g/mol. The Bertz CT molecular complexity index is 375. The van der Waals surface area contributed by atoms with Crippen molar-refractivity contribution in [2.45, 2.75) is 12.8 Å². The molecule has 2 heterocycles. The quantitative estimate of drug-likeness (QED) is 0.734. The fourth-order valence-electron chi connectivity index (χ4n) is 1.72. The van der Waals surface area contributed by atoms with Gasteiger partial charge in [0.05, 0.1) is 0 Å². The summed E-state index contributed by atoms with van der Waals surface area (Å²) in [5.74, 6) is 1.59. The van der Waals surface area contributed by atoms with Crippen LogP contribution in [-0.2, 0) is 9.59 Å². The SMILES string of the molecule is O=C(CCC(=O)N1CCSC1=S)N1CCSC1=S. The van der Waals surface area contributed by atoms with Gasteiger partial charge in [0, 0.05) is 37.4 Å². The summed E-state index contributed by atoms with van der Waals surface area (Å²) >= 11 is 13.2. The van der Waals surface area contributed by atoms with Crippen LogP contribution in [0.15, 0.2) is 0 Å². The van der Waals surface area contributed by atoms with Gasteiger partial charge in [-0.2, -0.15) is 0 Å². The van der Waals surface area contributed by atoms with Crippen molar-refractivity contribution in [1.82, 2.24) is 9.80 Å². The number of hydrogen-bond donors (Lipinski definition) is 0. The lowest BCUT2D eigenvalue weighted by atomic mass is 10.2. The molecule has 2 rings (SSSR count). The Morgan fingerprint density at radius 3 is 1.61 bits per heavy atom. The Morgan fingerprint density at radius 1 is 0.944 bits per heavy atom. The van der Waals surface area contributed by atoms with Crippen molar-refractivity contribution in [2.75, 3.05) is 24.6 Å². The van der Waals surface area contributed by atoms with Crippen molar-refractivity contribution in [3.63, 3.8) is 0 Å². The predicted molar refractivity (Wildman–Crippen MR) is 82.8 cm³/mol. The Hall–Kier alpha value is -0.180. The molecule has 0 spiro atoms. The number of carbonyl (C=O) groups is 2. The highest BCUT2D eigenvalue weighted by atomic mass is 32.2. The summed E-state index contributed by atoms with van der Waals surface area (Å²) in [6.45, 7) is 1.32. The van der Waals surface area contributed by atoms with E-state index in [-0.39, 0.29) is 24.7 Å². The third kappa shape index (κ3) is 3.23. The molecule has 0 aliphatic carbocycles. The molecule has 18 heavy (non-hydrogen) atoms. The molecule has 0 aromatic heterocycles. The van der Waals surface area contributed by atoms with E-state index in [4.69, 9.17) is 24.4 Å². The van der Waals surface area contributed by atoms with E-state index in [9.17, 15) is 9.59 Å². The molecule has 2 aliphatic rings. The lowest BCUT2D eigenvalue weighted by Crippen LogP contribution is -2.34. The van der Waals surface area contributed by atoms with Gasteiger partial charge in [0.25, 0.3) is 0 Å². The van der Waals surface area contributed by atoms with Crippen molar-refractivity contribution in [3.05, 3.63) is 0 Å². The van der Waals surface area contributed by atoms with Gasteiger partial charge in [0.1, 0.15) is 8.64 Å². The van der Waals surface area contributed by atoms with E-state index in [2.05, 4.69) is 0 Å². The first-order chi connectivity index (χ1) is 8.59. The second-order valence-corrected chi connectivity index (χ2v) is 7.28. The summed E-state index contributed by atoms with van der Waals surface area (Å²) in [6.07, 6.45) is 0.423. The van der Waals surface area contributed by atoms with Crippen LogP contribution in [-0.4, -0.2) is 54.9 Å². The van der Waals surface area contributed by atoms with E-state index >= 15 is 0 Å². The smallest absolute Gasteiger partial charge is 0.228 e. The largest absolute Gasteiger partial charge is 0.297 e. The number of hydrogen-bond acceptors (Lipinski definition) is 6. The summed E-state index contributed by atoms with van der Waals surface area (Å²) in [5, 5.41) is 0. The molecule has 0 N–H and O–H groups in total. The Kier molecular flexibility index (Phi) is 4.99. The summed E-state index contributed by atoms with van der Waals surface area (Å²) in [5.41, 5.74) is 0. The van der Waals surface area contributed by atoms with Crippen LogP contribution in [0.25, 0.3) is 0 Å². The highest BCUT2D eigenvalue weighted by Gasteiger charge is 2.27. The molecule has 2 saturated heterocycles. The van der Waals surface area contributed by atoms with Crippen LogP contribution in [0.2, 0.25) is 0 Å². The van der Waals surface area contributed by atoms with Gasteiger partial charge in [-0.1, -0.05) is 48.0 Å². The number of thiocarbonyl (C=S) groups is 2. The zero-order valence-electron chi connectivity index (χ0n) is 9.59. The molecule has 2 amide bonds. The van der Waals surface area contributed by atoms with Crippen LogP contribution in [0, 0.1) is 0 Å². The van der Waals surface area contributed by atoms with E-state index in [1.807, 2.05) is 0 Å². The second-order valence-electron chi connectivity index (χ2n) is 3.82. The lowest BCUT2D eigenvalue weighted by molar-refractivity contribution is -0.132. The van der Waals surface area contributed by atoms with Crippen molar-refractivity contribution in [2.24, 2.45) is 0 Å². The molecule has 2 fully saturated rings. The minimum atomic E-state index is -0.0591. The van der Waals surface area contributed by atoms with Crippen LogP contribution < -0.4 is 0 Å². The van der Waals surface area contributed by atoms with E-state index in [1.54, 1.807) is 9.80 Å². The van der Waals surface area contributed by atoms with Crippen molar-refractivity contribution >= 4 is 68.4 Å². The van der Waals surface area contributed by atoms with Crippen molar-refractivity contribution in [3.8, 4) is 0 Å². The zero-order chi connectivity index (χ0) is 13.1. The maximum atomic E-state index is 11.9. The second kappa shape index (κ2) is 6.31. The first-order valence-corrected chi connectivity index (χ1v) is 8.32. The molecule has 0 radical (unpaired) electrons. The van der Waals surface area contributed by atoms with Gasteiger partial charge >= 0.3 is 0 Å². The molecule has 0 unspecified atom stereocenters. The van der Waals surface area contributed by atoms with E-state index in [1.165, 1.54) is 23.5 Å². The Morgan fingerprint density at radius 2 is 1.33 bits per heavy atom. The Balaban J connectivity index is 1.80. The number of nitrogens with zero attached hydrogens (tertiary/aromatic N) is 2. The van der Waals surface area contributed by atoms with Crippen LogP contribution in [0.5, 0.6) is 0 Å². The molecule has 98 valence electrons. The van der Waals surface area contributed by atoms with Gasteiger partial charge in [-0.3, -0.25) is 19.4 Å². The van der Waals surface area contributed by atoms with Gasteiger partial charge < -0.3 is 0 Å². The standard InChI is InChI=1S/C10H12N2O2S4/c13-7(11-3-5-17-9(11)15)1-2-8(14)12-4-6-18-10(12)16/h1-6H2. The summed E-state index contributed by atoms with van der Waals surface area (Å²) in [6, 6.07) is 0. The van der Waals surface area contributed by atoms with Crippen LogP contribution in [0.1, 0.15) is 12.8 Å². The van der Waals surface area contributed by atoms with Gasteiger partial charge in [-0.15, -0.1) is 0 Å². The third-order valence-electron chi connectivity index (χ3n) is 2.68. The fraction of sp³-hybridized carbons (Fsp3) is 0.600. The van der Waals surface area contributed by atoms with Crippen molar-refractivity contribution < 1.29 is 9.59 Å². The first kappa shape index (κ1) is 14.2. The van der Waals surface area contributed by atoms with Crippen LogP contribution in [0.4, 0.5) is 0 Å². The lowest BCUT2D eigenvalue weighted by Gasteiger charge is -2.17. The number of thioether (sulfide) groups is 2. The highest BCUT2D eigenvalue weighted by molar-refractivity contribution is 8.23. The molecular weight excluding hydrogens is 308 g/mol. The molecule has 0 aromatic carbocycles. The van der Waals surface area contributed by atoms with Gasteiger partial charge in [0.15, 0.2) is 0 Å². The third-order valence-corrected chi connectivity index (χ3v) is 5.53.